The van der Waals surface area contributed by atoms with E-state index in [1.807, 2.05) is 36.6 Å². The predicted octanol–water partition coefficient (Wildman–Crippen LogP) is 4.15. The minimum atomic E-state index is -0.184. The van der Waals surface area contributed by atoms with E-state index in [-0.39, 0.29) is 6.03 Å². The number of hydrogen-bond donors (Lipinski definition) is 1. The van der Waals surface area contributed by atoms with Gasteiger partial charge in [0.15, 0.2) is 0 Å². The topological polar surface area (TPSA) is 54.5 Å². The summed E-state index contributed by atoms with van der Waals surface area (Å²) in [5.41, 5.74) is 1.58. The zero-order chi connectivity index (χ0) is 16.8. The van der Waals surface area contributed by atoms with Crippen LogP contribution < -0.4 is 10.1 Å². The predicted molar refractivity (Wildman–Crippen MR) is 94.1 cm³/mol. The van der Waals surface area contributed by atoms with Crippen molar-refractivity contribution < 1.29 is 9.53 Å². The summed E-state index contributed by atoms with van der Waals surface area (Å²) >= 11 is 1.58. The first-order chi connectivity index (χ1) is 11.0. The van der Waals surface area contributed by atoms with Gasteiger partial charge in [0.05, 0.1) is 29.5 Å². The maximum atomic E-state index is 12.3. The number of thiazole rings is 1. The molecule has 0 saturated heterocycles. The highest BCUT2D eigenvalue weighted by atomic mass is 32.1. The molecule has 2 rings (SSSR count). The Kier molecular flexibility index (Phi) is 5.98. The number of hydrogen-bond acceptors (Lipinski definition) is 4. The number of aromatic nitrogens is 1. The lowest BCUT2D eigenvalue weighted by molar-refractivity contribution is 0.220. The molecule has 0 fully saturated rings. The van der Waals surface area contributed by atoms with Gasteiger partial charge in [-0.25, -0.2) is 9.78 Å². The van der Waals surface area contributed by atoms with Gasteiger partial charge in [-0.05, 0) is 25.0 Å². The summed E-state index contributed by atoms with van der Waals surface area (Å²) in [6.07, 6.45) is 0. The Morgan fingerprint density at radius 3 is 2.78 bits per heavy atom. The lowest BCUT2D eigenvalue weighted by atomic mass is 10.2. The quantitative estimate of drug-likeness (QED) is 0.864. The fraction of sp³-hybridized carbons (Fsp3) is 0.412. The number of rotatable bonds is 6. The molecular formula is C17H23N3O2S. The van der Waals surface area contributed by atoms with Gasteiger partial charge in [-0.15, -0.1) is 11.3 Å². The number of ether oxygens (including phenoxy) is 1. The van der Waals surface area contributed by atoms with Crippen molar-refractivity contribution >= 4 is 23.1 Å². The highest BCUT2D eigenvalue weighted by molar-refractivity contribution is 7.09. The van der Waals surface area contributed by atoms with Gasteiger partial charge >= 0.3 is 6.03 Å². The molecule has 5 nitrogen and oxygen atoms in total. The second kappa shape index (κ2) is 7.97. The fourth-order valence-electron chi connectivity index (χ4n) is 1.96. The first-order valence-electron chi connectivity index (χ1n) is 7.60. The number of urea groups is 1. The van der Waals surface area contributed by atoms with Crippen LogP contribution in [0.15, 0.2) is 29.6 Å². The van der Waals surface area contributed by atoms with Crippen LogP contribution in [-0.4, -0.2) is 29.6 Å². The third-order valence-corrected chi connectivity index (χ3v) is 3.94. The Balaban J connectivity index is 1.99. The largest absolute Gasteiger partial charge is 0.491 e. The molecule has 2 amide bonds. The van der Waals surface area contributed by atoms with Crippen molar-refractivity contribution in [3.63, 3.8) is 0 Å². The normalized spacial score (nSPS) is 10.7. The Labute approximate surface area is 141 Å². The van der Waals surface area contributed by atoms with E-state index in [0.29, 0.717) is 30.5 Å². The average molecular weight is 333 g/mol. The van der Waals surface area contributed by atoms with Crippen LogP contribution in [0.3, 0.4) is 0 Å². The molecule has 1 heterocycles. The molecule has 0 atom stereocenters. The van der Waals surface area contributed by atoms with E-state index in [1.165, 1.54) is 0 Å². The van der Waals surface area contributed by atoms with E-state index in [0.717, 1.165) is 10.7 Å². The highest BCUT2D eigenvalue weighted by Crippen LogP contribution is 2.24. The highest BCUT2D eigenvalue weighted by Gasteiger charge is 2.13. The maximum Gasteiger partial charge on any atom is 0.322 e. The maximum absolute atomic E-state index is 12.3. The zero-order valence-electron chi connectivity index (χ0n) is 14.0. The molecule has 1 N–H and O–H groups in total. The second-order valence-corrected chi connectivity index (χ2v) is 6.91. The van der Waals surface area contributed by atoms with Crippen molar-refractivity contribution in [1.29, 1.82) is 0 Å². The molecule has 0 aliphatic rings. The Morgan fingerprint density at radius 2 is 2.13 bits per heavy atom. The summed E-state index contributed by atoms with van der Waals surface area (Å²) in [5, 5.41) is 5.87. The number of nitrogens with one attached hydrogen (secondary N) is 1. The molecule has 0 spiro atoms. The third kappa shape index (κ3) is 5.25. The molecule has 124 valence electrons. The van der Waals surface area contributed by atoms with Gasteiger partial charge in [-0.2, -0.15) is 0 Å². The van der Waals surface area contributed by atoms with E-state index in [9.17, 15) is 4.79 Å². The summed E-state index contributed by atoms with van der Waals surface area (Å²) in [4.78, 5) is 18.3. The molecule has 0 unspecified atom stereocenters. The molecule has 0 radical (unpaired) electrons. The van der Waals surface area contributed by atoms with Gasteiger partial charge in [0.1, 0.15) is 5.75 Å². The monoisotopic (exact) mass is 333 g/mol. The van der Waals surface area contributed by atoms with Crippen molar-refractivity contribution in [3.8, 4) is 5.75 Å². The Bertz CT molecular complexity index is 655. The van der Waals surface area contributed by atoms with E-state index in [2.05, 4.69) is 24.1 Å². The summed E-state index contributed by atoms with van der Waals surface area (Å²) in [5.74, 6) is 1.11. The minimum absolute atomic E-state index is 0.184. The number of carbonyl (C=O) groups excluding carboxylic acids is 1. The lowest BCUT2D eigenvalue weighted by Crippen LogP contribution is -2.31. The van der Waals surface area contributed by atoms with Crippen molar-refractivity contribution in [2.75, 3.05) is 19.0 Å². The van der Waals surface area contributed by atoms with Gasteiger partial charge in [0.2, 0.25) is 0 Å². The number of carbonyl (C=O) groups is 1. The molecule has 23 heavy (non-hydrogen) atoms. The number of para-hydroxylation sites is 2. The zero-order valence-corrected chi connectivity index (χ0v) is 14.8. The van der Waals surface area contributed by atoms with Crippen molar-refractivity contribution in [1.82, 2.24) is 9.88 Å². The van der Waals surface area contributed by atoms with Crippen molar-refractivity contribution in [2.45, 2.75) is 27.3 Å². The SMILES string of the molecule is Cc1nc(CN(C)C(=O)Nc2ccccc2OCC(C)C)cs1. The Hall–Kier alpha value is -2.08. The Morgan fingerprint density at radius 1 is 1.39 bits per heavy atom. The van der Waals surface area contributed by atoms with Crippen LogP contribution >= 0.6 is 11.3 Å². The van der Waals surface area contributed by atoms with Crippen LogP contribution in [-0.2, 0) is 6.54 Å². The van der Waals surface area contributed by atoms with Crippen LogP contribution in [0.25, 0.3) is 0 Å². The van der Waals surface area contributed by atoms with Crippen LogP contribution in [0.5, 0.6) is 5.75 Å². The van der Waals surface area contributed by atoms with Gasteiger partial charge < -0.3 is 15.0 Å². The van der Waals surface area contributed by atoms with Crippen LogP contribution in [0, 0.1) is 12.8 Å². The number of anilines is 1. The third-order valence-electron chi connectivity index (χ3n) is 3.11. The van der Waals surface area contributed by atoms with Crippen LogP contribution in [0.1, 0.15) is 24.5 Å². The van der Waals surface area contributed by atoms with Crippen molar-refractivity contribution in [2.24, 2.45) is 5.92 Å². The van der Waals surface area contributed by atoms with Crippen LogP contribution in [0.2, 0.25) is 0 Å². The van der Waals surface area contributed by atoms with E-state index >= 15 is 0 Å². The summed E-state index contributed by atoms with van der Waals surface area (Å²) < 4.78 is 5.76. The second-order valence-electron chi connectivity index (χ2n) is 5.85. The molecule has 6 heteroatoms. The molecule has 1 aromatic carbocycles. The molecule has 0 aliphatic carbocycles. The molecular weight excluding hydrogens is 310 g/mol. The van der Waals surface area contributed by atoms with Gasteiger partial charge in [-0.1, -0.05) is 26.0 Å². The van der Waals surface area contributed by atoms with E-state index in [4.69, 9.17) is 4.74 Å². The fourth-order valence-corrected chi connectivity index (χ4v) is 2.56. The van der Waals surface area contributed by atoms with E-state index in [1.54, 1.807) is 23.3 Å². The van der Waals surface area contributed by atoms with E-state index < -0.39 is 0 Å². The summed E-state index contributed by atoms with van der Waals surface area (Å²) in [7, 11) is 1.75. The van der Waals surface area contributed by atoms with Gasteiger partial charge in [0.25, 0.3) is 0 Å². The number of aryl methyl sites for hydroxylation is 1. The van der Waals surface area contributed by atoms with Crippen LogP contribution in [0.4, 0.5) is 10.5 Å². The average Bonchev–Trinajstić information content (AvgIpc) is 2.91. The van der Waals surface area contributed by atoms with Gasteiger partial charge in [-0.3, -0.25) is 0 Å². The minimum Gasteiger partial charge on any atom is -0.491 e. The lowest BCUT2D eigenvalue weighted by Gasteiger charge is -2.19. The van der Waals surface area contributed by atoms with Gasteiger partial charge in [0, 0.05) is 12.4 Å². The molecule has 1 aromatic heterocycles. The first-order valence-corrected chi connectivity index (χ1v) is 8.48. The molecule has 0 aliphatic heterocycles. The molecule has 0 bridgehead atoms. The summed E-state index contributed by atoms with van der Waals surface area (Å²) in [6.45, 7) is 7.22. The standard InChI is InChI=1S/C17H23N3O2S/c1-12(2)10-22-16-8-6-5-7-15(16)19-17(21)20(4)9-14-11-23-13(3)18-14/h5-8,11-12H,9-10H2,1-4H3,(H,19,21). The molecule has 2 aromatic rings. The number of benzene rings is 1. The van der Waals surface area contributed by atoms with Crippen molar-refractivity contribution in [3.05, 3.63) is 40.3 Å². The summed E-state index contributed by atoms with van der Waals surface area (Å²) in [6, 6.07) is 7.29. The number of nitrogens with zero attached hydrogens (tertiary/aromatic N) is 2. The first kappa shape index (κ1) is 17.3. The smallest absolute Gasteiger partial charge is 0.322 e. The number of amides is 2. The molecule has 0 saturated carbocycles.